The molecule has 2 rings (SSSR count). The minimum absolute atomic E-state index is 0.580. The van der Waals surface area contributed by atoms with E-state index in [2.05, 4.69) is 0 Å². The summed E-state index contributed by atoms with van der Waals surface area (Å²) < 4.78 is 10.6. The van der Waals surface area contributed by atoms with E-state index in [0.717, 1.165) is 12.0 Å². The van der Waals surface area contributed by atoms with E-state index in [1.165, 1.54) is 0 Å². The summed E-state index contributed by atoms with van der Waals surface area (Å²) in [7, 11) is 3.13. The summed E-state index contributed by atoms with van der Waals surface area (Å²) in [6.45, 7) is 0. The predicted octanol–water partition coefficient (Wildman–Crippen LogP) is 1.60. The van der Waals surface area contributed by atoms with Crippen molar-refractivity contribution in [2.75, 3.05) is 14.2 Å². The summed E-state index contributed by atoms with van der Waals surface area (Å²) in [4.78, 5) is 0. The topological polar surface area (TPSA) is 58.9 Å². The fraction of sp³-hybridized carbons (Fsp3) is 0.429. The molecule has 2 N–H and O–H groups in total. The van der Waals surface area contributed by atoms with Crippen LogP contribution in [0, 0.1) is 0 Å². The average Bonchev–Trinajstić information content (AvgIpc) is 2.41. The molecule has 0 saturated carbocycles. The van der Waals surface area contributed by atoms with Crippen LogP contribution in [-0.4, -0.2) is 36.6 Å². The van der Waals surface area contributed by atoms with Gasteiger partial charge in [-0.25, -0.2) is 0 Å². The number of hydrogen-bond donors (Lipinski definition) is 2. The number of allylic oxidation sites excluding steroid dienone is 1. The van der Waals surface area contributed by atoms with E-state index in [1.54, 1.807) is 20.3 Å². The molecule has 4 nitrogen and oxygen atoms in total. The quantitative estimate of drug-likeness (QED) is 0.855. The van der Waals surface area contributed by atoms with Crippen molar-refractivity contribution in [2.45, 2.75) is 25.0 Å². The molecule has 1 aliphatic carbocycles. The maximum Gasteiger partial charge on any atom is 0.168 e. The number of hydrogen-bond acceptors (Lipinski definition) is 4. The Balaban J connectivity index is 2.47. The zero-order chi connectivity index (χ0) is 13.1. The molecule has 98 valence electrons. The first-order valence-corrected chi connectivity index (χ1v) is 5.96. The number of benzene rings is 1. The number of aliphatic hydroxyl groups is 2. The Labute approximate surface area is 106 Å². The van der Waals surface area contributed by atoms with Crippen LogP contribution in [-0.2, 0) is 0 Å². The number of para-hydroxylation sites is 1. The first-order valence-electron chi connectivity index (χ1n) is 5.96. The maximum absolute atomic E-state index is 10.1. The van der Waals surface area contributed by atoms with Gasteiger partial charge >= 0.3 is 0 Å². The predicted molar refractivity (Wildman–Crippen MR) is 68.8 cm³/mol. The number of rotatable bonds is 3. The molecule has 0 bridgehead atoms. The lowest BCUT2D eigenvalue weighted by Gasteiger charge is -2.26. The molecule has 0 fully saturated rings. The highest BCUT2D eigenvalue weighted by atomic mass is 16.5. The van der Waals surface area contributed by atoms with Crippen molar-refractivity contribution in [1.29, 1.82) is 0 Å². The van der Waals surface area contributed by atoms with Crippen molar-refractivity contribution in [3.05, 3.63) is 29.8 Å². The first kappa shape index (κ1) is 12.9. The SMILES string of the molecule is COc1cccc(C2=CCC[C@H](O)[C@@H]2O)c1OC. The average molecular weight is 250 g/mol. The molecule has 0 radical (unpaired) electrons. The van der Waals surface area contributed by atoms with Gasteiger partial charge in [-0.1, -0.05) is 18.2 Å². The molecule has 1 aromatic carbocycles. The Morgan fingerprint density at radius 1 is 1.17 bits per heavy atom. The standard InChI is InChI=1S/C14H18O4/c1-17-12-8-4-6-10(14(12)18-2)9-5-3-7-11(15)13(9)16/h4-6,8,11,13,15-16H,3,7H2,1-2H3/t11-,13+/m0/s1. The van der Waals surface area contributed by atoms with Crippen molar-refractivity contribution >= 4 is 5.57 Å². The molecule has 4 heteroatoms. The Bertz CT molecular complexity index is 453. The van der Waals surface area contributed by atoms with Crippen molar-refractivity contribution in [3.8, 4) is 11.5 Å². The maximum atomic E-state index is 10.1. The summed E-state index contributed by atoms with van der Waals surface area (Å²) >= 11 is 0. The number of ether oxygens (including phenoxy) is 2. The second-order valence-corrected chi connectivity index (χ2v) is 4.29. The van der Waals surface area contributed by atoms with Crippen LogP contribution < -0.4 is 9.47 Å². The molecule has 1 aliphatic rings. The molecule has 0 aliphatic heterocycles. The minimum Gasteiger partial charge on any atom is -0.493 e. The zero-order valence-corrected chi connectivity index (χ0v) is 10.6. The van der Waals surface area contributed by atoms with Crippen LogP contribution >= 0.6 is 0 Å². The van der Waals surface area contributed by atoms with Crippen LogP contribution in [0.15, 0.2) is 24.3 Å². The Morgan fingerprint density at radius 3 is 2.61 bits per heavy atom. The van der Waals surface area contributed by atoms with Gasteiger partial charge in [0.05, 0.1) is 20.3 Å². The molecule has 18 heavy (non-hydrogen) atoms. The van der Waals surface area contributed by atoms with Crippen LogP contribution in [0.1, 0.15) is 18.4 Å². The van der Waals surface area contributed by atoms with E-state index in [1.807, 2.05) is 18.2 Å². The Kier molecular flexibility index (Phi) is 3.89. The van der Waals surface area contributed by atoms with Gasteiger partial charge in [0, 0.05) is 5.56 Å². The molecular weight excluding hydrogens is 232 g/mol. The minimum atomic E-state index is -0.875. The van der Waals surface area contributed by atoms with Gasteiger partial charge in [-0.05, 0) is 24.5 Å². The normalized spacial score (nSPS) is 23.4. The van der Waals surface area contributed by atoms with Gasteiger partial charge in [-0.15, -0.1) is 0 Å². The second-order valence-electron chi connectivity index (χ2n) is 4.29. The molecule has 0 unspecified atom stereocenters. The largest absolute Gasteiger partial charge is 0.493 e. The van der Waals surface area contributed by atoms with Gasteiger partial charge in [0.15, 0.2) is 11.5 Å². The zero-order valence-electron chi connectivity index (χ0n) is 10.6. The van der Waals surface area contributed by atoms with Gasteiger partial charge in [0.2, 0.25) is 0 Å². The van der Waals surface area contributed by atoms with Gasteiger partial charge in [0.25, 0.3) is 0 Å². The number of methoxy groups -OCH3 is 2. The van der Waals surface area contributed by atoms with Crippen LogP contribution in [0.4, 0.5) is 0 Å². The third-order valence-electron chi connectivity index (χ3n) is 3.22. The second kappa shape index (κ2) is 5.42. The van der Waals surface area contributed by atoms with E-state index in [0.29, 0.717) is 23.5 Å². The van der Waals surface area contributed by atoms with Gasteiger partial charge in [0.1, 0.15) is 6.10 Å². The van der Waals surface area contributed by atoms with Crippen molar-refractivity contribution in [3.63, 3.8) is 0 Å². The lowest BCUT2D eigenvalue weighted by Crippen LogP contribution is -2.29. The Hall–Kier alpha value is -1.52. The smallest absolute Gasteiger partial charge is 0.168 e. The van der Waals surface area contributed by atoms with Gasteiger partial charge < -0.3 is 19.7 Å². The van der Waals surface area contributed by atoms with E-state index in [-0.39, 0.29) is 0 Å². The van der Waals surface area contributed by atoms with Crippen LogP contribution in [0.3, 0.4) is 0 Å². The van der Waals surface area contributed by atoms with E-state index >= 15 is 0 Å². The van der Waals surface area contributed by atoms with Crippen molar-refractivity contribution < 1.29 is 19.7 Å². The summed E-state index contributed by atoms with van der Waals surface area (Å²) in [5, 5.41) is 19.8. The van der Waals surface area contributed by atoms with Crippen LogP contribution in [0.25, 0.3) is 5.57 Å². The fourth-order valence-corrected chi connectivity index (χ4v) is 2.28. The molecule has 0 aromatic heterocycles. The van der Waals surface area contributed by atoms with Crippen molar-refractivity contribution in [1.82, 2.24) is 0 Å². The highest BCUT2D eigenvalue weighted by Gasteiger charge is 2.27. The summed E-state index contributed by atoms with van der Waals surface area (Å²) in [6, 6.07) is 5.49. The first-order chi connectivity index (χ1) is 8.69. The third kappa shape index (κ3) is 2.21. The molecule has 1 aromatic rings. The molecular formula is C14H18O4. The van der Waals surface area contributed by atoms with E-state index in [9.17, 15) is 10.2 Å². The summed E-state index contributed by atoms with van der Waals surface area (Å²) in [5.41, 5.74) is 1.47. The molecule has 0 heterocycles. The van der Waals surface area contributed by atoms with Crippen molar-refractivity contribution in [2.24, 2.45) is 0 Å². The highest BCUT2D eigenvalue weighted by Crippen LogP contribution is 2.38. The molecule has 2 atom stereocenters. The lowest BCUT2D eigenvalue weighted by atomic mass is 9.88. The van der Waals surface area contributed by atoms with E-state index in [4.69, 9.17) is 9.47 Å². The summed E-state index contributed by atoms with van der Waals surface area (Å²) in [5.74, 6) is 1.20. The number of aliphatic hydroxyl groups excluding tert-OH is 2. The third-order valence-corrected chi connectivity index (χ3v) is 3.22. The molecule has 0 amide bonds. The lowest BCUT2D eigenvalue weighted by molar-refractivity contribution is 0.0452. The fourth-order valence-electron chi connectivity index (χ4n) is 2.28. The van der Waals surface area contributed by atoms with Crippen LogP contribution in [0.2, 0.25) is 0 Å². The summed E-state index contributed by atoms with van der Waals surface area (Å²) in [6.07, 6.45) is 1.67. The van der Waals surface area contributed by atoms with Gasteiger partial charge in [-0.3, -0.25) is 0 Å². The molecule has 0 saturated heterocycles. The monoisotopic (exact) mass is 250 g/mol. The van der Waals surface area contributed by atoms with E-state index < -0.39 is 12.2 Å². The van der Waals surface area contributed by atoms with Gasteiger partial charge in [-0.2, -0.15) is 0 Å². The highest BCUT2D eigenvalue weighted by molar-refractivity contribution is 5.76. The Morgan fingerprint density at radius 2 is 1.94 bits per heavy atom. The molecule has 0 spiro atoms. The van der Waals surface area contributed by atoms with Crippen LogP contribution in [0.5, 0.6) is 11.5 Å².